The van der Waals surface area contributed by atoms with Crippen molar-refractivity contribution < 1.29 is 18.0 Å². The van der Waals surface area contributed by atoms with Crippen molar-refractivity contribution in [1.29, 1.82) is 0 Å². The second-order valence-corrected chi connectivity index (χ2v) is 5.95. The third-order valence-electron chi connectivity index (χ3n) is 3.94. The third kappa shape index (κ3) is 2.68. The van der Waals surface area contributed by atoms with Gasteiger partial charge in [0.2, 0.25) is 5.82 Å². The Morgan fingerprint density at radius 2 is 2.17 bits per heavy atom. The summed E-state index contributed by atoms with van der Waals surface area (Å²) in [4.78, 5) is 20.3. The molecule has 6 nitrogen and oxygen atoms in total. The summed E-state index contributed by atoms with van der Waals surface area (Å²) in [5.74, 6) is 0.707. The predicted octanol–water partition coefficient (Wildman–Crippen LogP) is 3.15. The van der Waals surface area contributed by atoms with E-state index in [4.69, 9.17) is 4.42 Å². The number of rotatable bonds is 5. The molecule has 8 heteroatoms. The van der Waals surface area contributed by atoms with Crippen molar-refractivity contribution in [2.45, 2.75) is 32.6 Å². The molecule has 0 bridgehead atoms. The smallest absolute Gasteiger partial charge is 0.299 e. The average molecular weight is 332 g/mol. The molecular weight excluding hydrogens is 318 g/mol. The number of nitrogens with zero attached hydrogens (tertiary/aromatic N) is 4. The van der Waals surface area contributed by atoms with Gasteiger partial charge in [-0.25, -0.2) is 23.3 Å². The van der Waals surface area contributed by atoms with Crippen molar-refractivity contribution in [3.63, 3.8) is 0 Å². The van der Waals surface area contributed by atoms with Gasteiger partial charge in [-0.05, 0) is 31.9 Å². The van der Waals surface area contributed by atoms with E-state index in [1.165, 1.54) is 10.7 Å². The molecule has 1 aliphatic carbocycles. The zero-order valence-corrected chi connectivity index (χ0v) is 12.9. The molecule has 0 aliphatic heterocycles. The molecule has 0 spiro atoms. The molecule has 4 rings (SSSR count). The molecule has 0 N–H and O–H groups in total. The number of ketones is 1. The minimum atomic E-state index is -2.78. The van der Waals surface area contributed by atoms with Gasteiger partial charge in [-0.15, -0.1) is 5.10 Å². The number of halogens is 2. The van der Waals surface area contributed by atoms with E-state index in [0.29, 0.717) is 22.9 Å². The number of hydrogen-bond donors (Lipinski definition) is 0. The van der Waals surface area contributed by atoms with E-state index in [-0.39, 0.29) is 23.8 Å². The van der Waals surface area contributed by atoms with Gasteiger partial charge in [-0.2, -0.15) is 0 Å². The maximum absolute atomic E-state index is 12.9. The molecule has 0 amide bonds. The lowest BCUT2D eigenvalue weighted by Crippen LogP contribution is -2.08. The Kier molecular flexibility index (Phi) is 3.40. The number of fused-ring (bicyclic) bond motifs is 1. The molecule has 3 aromatic rings. The summed E-state index contributed by atoms with van der Waals surface area (Å²) in [6, 6.07) is 3.45. The molecule has 1 saturated carbocycles. The molecular formula is C16H14F2N4O2. The Morgan fingerprint density at radius 3 is 2.79 bits per heavy atom. The summed E-state index contributed by atoms with van der Waals surface area (Å²) in [6.07, 6.45) is 0.659. The van der Waals surface area contributed by atoms with Crippen molar-refractivity contribution in [1.82, 2.24) is 19.6 Å². The van der Waals surface area contributed by atoms with Crippen molar-refractivity contribution in [2.24, 2.45) is 5.92 Å². The number of carbonyl (C=O) groups is 1. The van der Waals surface area contributed by atoms with Crippen LogP contribution in [0.5, 0.6) is 0 Å². The Morgan fingerprint density at radius 1 is 1.38 bits per heavy atom. The Bertz CT molecular complexity index is 927. The first kappa shape index (κ1) is 14.9. The molecule has 24 heavy (non-hydrogen) atoms. The van der Waals surface area contributed by atoms with Crippen LogP contribution >= 0.6 is 0 Å². The maximum atomic E-state index is 12.9. The van der Waals surface area contributed by atoms with Crippen LogP contribution in [0.15, 0.2) is 22.7 Å². The lowest BCUT2D eigenvalue weighted by atomic mass is 10.1. The Hall–Kier alpha value is -2.64. The van der Waals surface area contributed by atoms with Gasteiger partial charge in [0.15, 0.2) is 17.1 Å². The van der Waals surface area contributed by atoms with Crippen molar-refractivity contribution >= 4 is 11.4 Å². The van der Waals surface area contributed by atoms with Gasteiger partial charge in [-0.1, -0.05) is 0 Å². The van der Waals surface area contributed by atoms with E-state index in [1.54, 1.807) is 19.1 Å². The minimum absolute atomic E-state index is 0.101. The number of hydrogen-bond acceptors (Lipinski definition) is 5. The lowest BCUT2D eigenvalue weighted by Gasteiger charge is -2.04. The fourth-order valence-corrected chi connectivity index (χ4v) is 2.59. The number of Topliss-reactive ketones (excluding diaryl/α,β-unsaturated/α-hetero) is 1. The summed E-state index contributed by atoms with van der Waals surface area (Å²) >= 11 is 0. The third-order valence-corrected chi connectivity index (χ3v) is 3.94. The van der Waals surface area contributed by atoms with Crippen LogP contribution in [0.4, 0.5) is 8.78 Å². The molecule has 124 valence electrons. The molecule has 0 radical (unpaired) electrons. The highest BCUT2D eigenvalue weighted by molar-refractivity contribution is 5.85. The second kappa shape index (κ2) is 5.47. The van der Waals surface area contributed by atoms with Crippen molar-refractivity contribution in [3.05, 3.63) is 35.6 Å². The van der Waals surface area contributed by atoms with Crippen molar-refractivity contribution in [2.75, 3.05) is 0 Å². The minimum Gasteiger partial charge on any atom is -0.460 e. The van der Waals surface area contributed by atoms with Gasteiger partial charge in [0.05, 0.1) is 18.3 Å². The molecule has 1 aliphatic rings. The maximum Gasteiger partial charge on any atom is 0.299 e. The summed E-state index contributed by atoms with van der Waals surface area (Å²) in [7, 11) is 0. The van der Waals surface area contributed by atoms with Crippen LogP contribution in [0.1, 0.15) is 36.5 Å². The van der Waals surface area contributed by atoms with Crippen molar-refractivity contribution in [3.8, 4) is 11.5 Å². The summed E-state index contributed by atoms with van der Waals surface area (Å²) in [5, 5.41) is 3.80. The van der Waals surface area contributed by atoms with Gasteiger partial charge in [0.25, 0.3) is 6.43 Å². The van der Waals surface area contributed by atoms with Crippen LogP contribution < -0.4 is 0 Å². The quantitative estimate of drug-likeness (QED) is 0.717. The largest absolute Gasteiger partial charge is 0.460 e. The summed E-state index contributed by atoms with van der Waals surface area (Å²) in [6.45, 7) is 1.77. The highest BCUT2D eigenvalue weighted by Gasteiger charge is 2.30. The number of carbonyl (C=O) groups excluding carboxylic acids is 1. The first-order valence-corrected chi connectivity index (χ1v) is 7.65. The van der Waals surface area contributed by atoms with E-state index in [2.05, 4.69) is 15.1 Å². The fraction of sp³-hybridized carbons (Fsp3) is 0.375. The van der Waals surface area contributed by atoms with Crippen LogP contribution in [0, 0.1) is 12.8 Å². The van der Waals surface area contributed by atoms with Gasteiger partial charge < -0.3 is 4.42 Å². The van der Waals surface area contributed by atoms with E-state index in [1.807, 2.05) is 0 Å². The van der Waals surface area contributed by atoms with Crippen LogP contribution in [-0.4, -0.2) is 25.4 Å². The standard InChI is InChI=1S/C16H14F2N4O2/c1-8-2-5-12(24-8)13-16-20-15(14(17)18)21-22(16)7-10(19-13)6-11(23)9-3-4-9/h2,5,7,9,14H,3-4,6H2,1H3. The topological polar surface area (TPSA) is 73.3 Å². The van der Waals surface area contributed by atoms with E-state index >= 15 is 0 Å². The Balaban J connectivity index is 1.84. The molecule has 0 aromatic carbocycles. The van der Waals surface area contributed by atoms with Crippen LogP contribution in [-0.2, 0) is 11.2 Å². The van der Waals surface area contributed by atoms with Gasteiger partial charge in [0.1, 0.15) is 11.5 Å². The second-order valence-electron chi connectivity index (χ2n) is 5.95. The zero-order chi connectivity index (χ0) is 16.8. The number of furan rings is 1. The van der Waals surface area contributed by atoms with Crippen LogP contribution in [0.25, 0.3) is 17.1 Å². The molecule has 1 fully saturated rings. The van der Waals surface area contributed by atoms with Gasteiger partial charge in [-0.3, -0.25) is 4.79 Å². The number of aryl methyl sites for hydroxylation is 1. The van der Waals surface area contributed by atoms with E-state index in [0.717, 1.165) is 12.8 Å². The first-order chi connectivity index (χ1) is 11.5. The fourth-order valence-electron chi connectivity index (χ4n) is 2.59. The molecule has 3 aromatic heterocycles. The zero-order valence-electron chi connectivity index (χ0n) is 12.9. The molecule has 0 unspecified atom stereocenters. The lowest BCUT2D eigenvalue weighted by molar-refractivity contribution is -0.119. The number of alkyl halides is 2. The van der Waals surface area contributed by atoms with Gasteiger partial charge in [0, 0.05) is 5.92 Å². The first-order valence-electron chi connectivity index (χ1n) is 7.65. The van der Waals surface area contributed by atoms with Crippen LogP contribution in [0.2, 0.25) is 0 Å². The highest BCUT2D eigenvalue weighted by atomic mass is 19.3. The molecule has 3 heterocycles. The summed E-state index contributed by atoms with van der Waals surface area (Å²) < 4.78 is 32.7. The Labute approximate surface area is 135 Å². The summed E-state index contributed by atoms with van der Waals surface area (Å²) in [5.41, 5.74) is 0.958. The van der Waals surface area contributed by atoms with E-state index in [9.17, 15) is 13.6 Å². The number of aromatic nitrogens is 4. The van der Waals surface area contributed by atoms with Gasteiger partial charge >= 0.3 is 0 Å². The normalized spacial score (nSPS) is 14.7. The predicted molar refractivity (Wildman–Crippen MR) is 79.6 cm³/mol. The van der Waals surface area contributed by atoms with Crippen LogP contribution in [0.3, 0.4) is 0 Å². The highest BCUT2D eigenvalue weighted by Crippen LogP contribution is 2.31. The average Bonchev–Trinajstić information content (AvgIpc) is 3.16. The SMILES string of the molecule is Cc1ccc(-c2nc(CC(=O)C3CC3)cn3nc(C(F)F)nc23)o1. The molecule has 0 atom stereocenters. The molecule has 0 saturated heterocycles. The monoisotopic (exact) mass is 332 g/mol. The van der Waals surface area contributed by atoms with E-state index < -0.39 is 12.2 Å².